The number of carboxylic acid groups (broad SMARTS) is 1. The van der Waals surface area contributed by atoms with E-state index in [9.17, 15) is 63.1 Å². The third-order valence-corrected chi connectivity index (χ3v) is 9.29. The number of rotatable bonds is 8. The van der Waals surface area contributed by atoms with E-state index in [0.29, 0.717) is 4.90 Å². The summed E-state index contributed by atoms with van der Waals surface area (Å²) in [5.41, 5.74) is -0.732. The van der Waals surface area contributed by atoms with Crippen LogP contribution in [0.1, 0.15) is 33.1 Å². The van der Waals surface area contributed by atoms with Crippen LogP contribution in [0.15, 0.2) is 48.5 Å². The Morgan fingerprint density at radius 1 is 1.08 bits per heavy atom. The van der Waals surface area contributed by atoms with E-state index in [1.54, 1.807) is 0 Å². The van der Waals surface area contributed by atoms with Gasteiger partial charge < -0.3 is 50.3 Å². The van der Waals surface area contributed by atoms with Gasteiger partial charge in [0.15, 0.2) is 11.5 Å². The SMILES string of the molecule is O=C(O)c1c(F)ccc2c1OB(O)[C@@H](NC(=O)C(NC(=O)N1CCN(Cc3ccc(O)c(O)c3Cl)C(=O)C1=O)c1cccc(P(=O)(O)O)c1)C2. The number of carbonyl (C=O) groups is 5. The second kappa shape index (κ2) is 14.0. The average Bonchev–Trinajstić information content (AvgIpc) is 3.05. The predicted molar refractivity (Wildman–Crippen MR) is 169 cm³/mol. The highest BCUT2D eigenvalue weighted by atomic mass is 35.5. The quantitative estimate of drug-likeness (QED) is 0.0664. The van der Waals surface area contributed by atoms with Gasteiger partial charge in [-0.25, -0.2) is 14.0 Å². The van der Waals surface area contributed by atoms with Gasteiger partial charge in [0.05, 0.1) is 16.3 Å². The first-order valence-electron chi connectivity index (χ1n) is 14.4. The van der Waals surface area contributed by atoms with Gasteiger partial charge in [-0.3, -0.25) is 23.8 Å². The van der Waals surface area contributed by atoms with E-state index < -0.39 is 90.4 Å². The second-order valence-corrected chi connectivity index (χ2v) is 13.1. The first-order valence-corrected chi connectivity index (χ1v) is 16.4. The Morgan fingerprint density at radius 2 is 1.80 bits per heavy atom. The van der Waals surface area contributed by atoms with E-state index in [-0.39, 0.29) is 47.8 Å². The van der Waals surface area contributed by atoms with Crippen molar-refractivity contribution in [3.05, 3.63) is 81.6 Å². The van der Waals surface area contributed by atoms with E-state index in [1.165, 1.54) is 24.3 Å². The summed E-state index contributed by atoms with van der Waals surface area (Å²) in [4.78, 5) is 85.7. The molecule has 0 saturated carbocycles. The van der Waals surface area contributed by atoms with Crippen molar-refractivity contribution in [3.8, 4) is 17.2 Å². The van der Waals surface area contributed by atoms with Crippen LogP contribution in [-0.4, -0.2) is 95.8 Å². The van der Waals surface area contributed by atoms with Gasteiger partial charge in [-0.05, 0) is 47.4 Å². The summed E-state index contributed by atoms with van der Waals surface area (Å²) in [6, 6.07) is 5.86. The predicted octanol–water partition coefficient (Wildman–Crippen LogP) is 0.153. The van der Waals surface area contributed by atoms with E-state index >= 15 is 0 Å². The van der Waals surface area contributed by atoms with Gasteiger partial charge in [0.1, 0.15) is 23.2 Å². The van der Waals surface area contributed by atoms with E-state index in [4.69, 9.17) is 16.3 Å². The number of carboxylic acids is 1. The van der Waals surface area contributed by atoms with Crippen molar-refractivity contribution in [2.45, 2.75) is 24.9 Å². The van der Waals surface area contributed by atoms with Crippen LogP contribution < -0.4 is 20.6 Å². The van der Waals surface area contributed by atoms with E-state index in [1.807, 2.05) is 0 Å². The molecule has 2 heterocycles. The maximum Gasteiger partial charge on any atom is 0.547 e. The maximum absolute atomic E-state index is 14.2. The van der Waals surface area contributed by atoms with Crippen molar-refractivity contribution in [3.63, 3.8) is 0 Å². The molecule has 8 N–H and O–H groups in total. The number of phenolic OH excluding ortho intramolecular Hbond substituents is 2. The van der Waals surface area contributed by atoms with Crippen LogP contribution in [0.4, 0.5) is 9.18 Å². The van der Waals surface area contributed by atoms with Crippen LogP contribution in [-0.2, 0) is 31.9 Å². The topological polar surface area (TPSA) is 264 Å². The minimum absolute atomic E-state index is 0.106. The van der Waals surface area contributed by atoms with Crippen LogP contribution in [0.2, 0.25) is 5.02 Å². The minimum Gasteiger partial charge on any atom is -0.534 e. The molecule has 0 spiro atoms. The standard InChI is InChI=1S/C29H26BClFN4O13P/c31-21-15(5-7-18(37)23(21)38)12-35-8-9-36(27(41)26(35)40)29(44)34-22(13-2-1-3-16(10-13)50(46,47)48)25(39)33-19-11-14-4-6-17(32)20(28(42)43)24(14)49-30(19)45/h1-7,10,19,22,37-38,45H,8-9,11-12H2,(H,33,39)(H,34,44)(H,42,43)(H2,46,47,48)/t19-,22?/m0/s1. The summed E-state index contributed by atoms with van der Waals surface area (Å²) in [5, 5.41) is 43.4. The Kier molecular flexibility index (Phi) is 10.1. The lowest BCUT2D eigenvalue weighted by atomic mass is 9.72. The molecule has 17 nitrogen and oxygen atoms in total. The third-order valence-electron chi connectivity index (χ3n) is 7.91. The first-order chi connectivity index (χ1) is 23.5. The van der Waals surface area contributed by atoms with Crippen molar-refractivity contribution in [2.24, 2.45) is 0 Å². The molecule has 1 saturated heterocycles. The molecule has 1 unspecified atom stereocenters. The Labute approximate surface area is 286 Å². The number of phenols is 2. The van der Waals surface area contributed by atoms with E-state index in [2.05, 4.69) is 10.6 Å². The zero-order chi connectivity index (χ0) is 36.7. The molecule has 5 amide bonds. The number of benzene rings is 3. The van der Waals surface area contributed by atoms with Crippen molar-refractivity contribution in [1.82, 2.24) is 20.4 Å². The molecule has 50 heavy (non-hydrogen) atoms. The molecule has 2 aliphatic rings. The molecular formula is C29H26BClFN4O13P. The molecule has 2 aliphatic heterocycles. The lowest BCUT2D eigenvalue weighted by molar-refractivity contribution is -0.154. The number of carbonyl (C=O) groups excluding carboxylic acids is 4. The fourth-order valence-corrected chi connectivity index (χ4v) is 6.17. The number of fused-ring (bicyclic) bond motifs is 1. The zero-order valence-corrected chi connectivity index (χ0v) is 27.0. The van der Waals surface area contributed by atoms with Crippen molar-refractivity contribution in [2.75, 3.05) is 13.1 Å². The maximum atomic E-state index is 14.2. The first kappa shape index (κ1) is 36.1. The number of nitrogens with one attached hydrogen (secondary N) is 2. The Bertz CT molecular complexity index is 1980. The molecule has 262 valence electrons. The number of hydrogen-bond donors (Lipinski definition) is 8. The third kappa shape index (κ3) is 7.22. The molecule has 0 radical (unpaired) electrons. The van der Waals surface area contributed by atoms with Gasteiger partial charge in [-0.1, -0.05) is 35.9 Å². The molecule has 0 aromatic heterocycles. The number of aromatic carboxylic acids is 1. The highest BCUT2D eigenvalue weighted by Gasteiger charge is 2.42. The number of amides is 5. The van der Waals surface area contributed by atoms with Gasteiger partial charge in [0, 0.05) is 19.6 Å². The number of aromatic hydroxyl groups is 2. The van der Waals surface area contributed by atoms with Crippen molar-refractivity contribution >= 4 is 61.3 Å². The zero-order valence-electron chi connectivity index (χ0n) is 25.3. The number of nitrogens with zero attached hydrogens (tertiary/aromatic N) is 2. The smallest absolute Gasteiger partial charge is 0.534 e. The van der Waals surface area contributed by atoms with Crippen LogP contribution in [0.25, 0.3) is 0 Å². The molecule has 0 bridgehead atoms. The Balaban J connectivity index is 1.37. The highest BCUT2D eigenvalue weighted by Crippen LogP contribution is 2.37. The molecule has 3 aromatic rings. The average molecular weight is 735 g/mol. The second-order valence-electron chi connectivity index (χ2n) is 11.2. The van der Waals surface area contributed by atoms with Gasteiger partial charge in [0.25, 0.3) is 0 Å². The van der Waals surface area contributed by atoms with Crippen molar-refractivity contribution < 1.29 is 67.7 Å². The Hall–Kier alpha value is -5.20. The molecule has 0 aliphatic carbocycles. The molecular weight excluding hydrogens is 709 g/mol. The number of hydrogen-bond acceptors (Lipinski definition) is 10. The fraction of sp³-hybridized carbons (Fsp3) is 0.207. The summed E-state index contributed by atoms with van der Waals surface area (Å²) < 4.78 is 31.4. The van der Waals surface area contributed by atoms with Crippen molar-refractivity contribution in [1.29, 1.82) is 0 Å². The monoisotopic (exact) mass is 734 g/mol. The van der Waals surface area contributed by atoms with Crippen LogP contribution >= 0.6 is 19.2 Å². The molecule has 5 rings (SSSR count). The summed E-state index contributed by atoms with van der Waals surface area (Å²) in [7, 11) is -6.79. The minimum atomic E-state index is -4.87. The van der Waals surface area contributed by atoms with Crippen LogP contribution in [0.3, 0.4) is 0 Å². The van der Waals surface area contributed by atoms with E-state index in [0.717, 1.165) is 29.2 Å². The van der Waals surface area contributed by atoms with Crippen LogP contribution in [0, 0.1) is 5.82 Å². The fourth-order valence-electron chi connectivity index (χ4n) is 5.36. The summed E-state index contributed by atoms with van der Waals surface area (Å²) in [6.07, 6.45) is -0.274. The number of halogens is 2. The number of urea groups is 1. The molecule has 2 atom stereocenters. The van der Waals surface area contributed by atoms with Gasteiger partial charge >= 0.3 is 38.5 Å². The number of piperazine rings is 1. The number of imide groups is 1. The summed E-state index contributed by atoms with van der Waals surface area (Å²) >= 11 is 6.04. The Morgan fingerprint density at radius 3 is 2.48 bits per heavy atom. The van der Waals surface area contributed by atoms with Gasteiger partial charge in [-0.15, -0.1) is 0 Å². The largest absolute Gasteiger partial charge is 0.547 e. The lowest BCUT2D eigenvalue weighted by Crippen LogP contribution is -2.60. The normalized spacial score (nSPS) is 16.7. The molecule has 3 aromatic carbocycles. The lowest BCUT2D eigenvalue weighted by Gasteiger charge is -2.34. The highest BCUT2D eigenvalue weighted by molar-refractivity contribution is 7.60. The van der Waals surface area contributed by atoms with Gasteiger partial charge in [-0.2, -0.15) is 0 Å². The molecule has 21 heteroatoms. The summed E-state index contributed by atoms with van der Waals surface area (Å²) in [5.74, 6) is -9.27. The summed E-state index contributed by atoms with van der Waals surface area (Å²) in [6.45, 7) is -0.879. The molecule has 1 fully saturated rings. The van der Waals surface area contributed by atoms with Crippen LogP contribution in [0.5, 0.6) is 17.2 Å². The van der Waals surface area contributed by atoms with Gasteiger partial charge in [0.2, 0.25) is 5.91 Å².